The number of benzene rings is 8. The van der Waals surface area contributed by atoms with Crippen LogP contribution in [0, 0.1) is 0 Å². The van der Waals surface area contributed by atoms with Crippen LogP contribution in [0.1, 0.15) is 0 Å². The van der Waals surface area contributed by atoms with Crippen LogP contribution < -0.4 is 28.4 Å². The molecule has 0 fully saturated rings. The first-order valence-electron chi connectivity index (χ1n) is 17.5. The Morgan fingerprint density at radius 3 is 0.796 bits per heavy atom. The Balaban J connectivity index is 0.883. The van der Waals surface area contributed by atoms with Crippen molar-refractivity contribution >= 4 is 0 Å². The second kappa shape index (κ2) is 16.3. The van der Waals surface area contributed by atoms with E-state index < -0.39 is 0 Å². The Bertz CT molecular complexity index is 2250. The average molecular weight is 707 g/mol. The summed E-state index contributed by atoms with van der Waals surface area (Å²) in [5, 5.41) is 0. The number of hydrogen-bond donors (Lipinski definition) is 0. The molecule has 8 aromatic rings. The second-order valence-electron chi connectivity index (χ2n) is 12.1. The van der Waals surface area contributed by atoms with Crippen molar-refractivity contribution < 1.29 is 28.4 Å². The van der Waals surface area contributed by atoms with E-state index >= 15 is 0 Å². The monoisotopic (exact) mass is 706 g/mol. The van der Waals surface area contributed by atoms with Gasteiger partial charge in [0.25, 0.3) is 0 Å². The molecule has 0 heterocycles. The van der Waals surface area contributed by atoms with E-state index in [1.807, 2.05) is 206 Å². The highest BCUT2D eigenvalue weighted by atomic mass is 16.5. The van der Waals surface area contributed by atoms with Gasteiger partial charge in [0.2, 0.25) is 0 Å². The van der Waals surface area contributed by atoms with Gasteiger partial charge in [-0.2, -0.15) is 0 Å². The maximum Gasteiger partial charge on any atom is 0.169 e. The van der Waals surface area contributed by atoms with Gasteiger partial charge in [0.15, 0.2) is 23.0 Å². The SMILES string of the molecule is c1ccc(Oc2ccccc2Oc2cccc(Oc3ccc(-c4ccc(Oc5cccc(Oc6ccccc6Oc6ccccc6)c5)cc4)cc3)c2)cc1. The van der Waals surface area contributed by atoms with Gasteiger partial charge >= 0.3 is 0 Å². The van der Waals surface area contributed by atoms with Crippen LogP contribution in [0.15, 0.2) is 206 Å². The fourth-order valence-corrected chi connectivity index (χ4v) is 5.63. The number of para-hydroxylation sites is 6. The summed E-state index contributed by atoms with van der Waals surface area (Å²) in [5.41, 5.74) is 2.10. The van der Waals surface area contributed by atoms with Gasteiger partial charge in [0, 0.05) is 12.1 Å². The number of rotatable bonds is 13. The summed E-state index contributed by atoms with van der Waals surface area (Å²) < 4.78 is 36.9. The minimum Gasteiger partial charge on any atom is -0.457 e. The zero-order valence-electron chi connectivity index (χ0n) is 29.1. The smallest absolute Gasteiger partial charge is 0.169 e. The molecule has 0 saturated carbocycles. The Labute approximate surface area is 314 Å². The molecule has 6 heteroatoms. The van der Waals surface area contributed by atoms with E-state index in [2.05, 4.69) is 0 Å². The molecule has 0 saturated heterocycles. The number of hydrogen-bond acceptors (Lipinski definition) is 6. The van der Waals surface area contributed by atoms with Gasteiger partial charge in [-0.25, -0.2) is 0 Å². The van der Waals surface area contributed by atoms with Gasteiger partial charge in [-0.15, -0.1) is 0 Å². The quantitative estimate of drug-likeness (QED) is 0.119. The molecule has 0 unspecified atom stereocenters. The lowest BCUT2D eigenvalue weighted by atomic mass is 10.1. The third kappa shape index (κ3) is 8.70. The van der Waals surface area contributed by atoms with Crippen LogP contribution in [0.5, 0.6) is 69.0 Å². The third-order valence-corrected chi connectivity index (χ3v) is 8.22. The molecule has 0 atom stereocenters. The molecule has 0 spiro atoms. The Morgan fingerprint density at radius 1 is 0.185 bits per heavy atom. The fraction of sp³-hybridized carbons (Fsp3) is 0. The predicted octanol–water partition coefficient (Wildman–Crippen LogP) is 14.1. The zero-order chi connectivity index (χ0) is 36.4. The lowest BCUT2D eigenvalue weighted by Gasteiger charge is -2.13. The minimum absolute atomic E-state index is 0.605. The predicted molar refractivity (Wildman–Crippen MR) is 211 cm³/mol. The molecule has 262 valence electrons. The molecular weight excluding hydrogens is 673 g/mol. The van der Waals surface area contributed by atoms with Crippen molar-refractivity contribution in [2.75, 3.05) is 0 Å². The molecule has 0 aliphatic heterocycles. The highest BCUT2D eigenvalue weighted by Crippen LogP contribution is 2.38. The maximum absolute atomic E-state index is 6.21. The molecule has 0 aliphatic rings. The van der Waals surface area contributed by atoms with Crippen LogP contribution in [0.25, 0.3) is 11.1 Å². The first-order valence-corrected chi connectivity index (χ1v) is 17.5. The summed E-state index contributed by atoms with van der Waals surface area (Å²) >= 11 is 0. The molecule has 0 aromatic heterocycles. The lowest BCUT2D eigenvalue weighted by molar-refractivity contribution is 0.415. The summed E-state index contributed by atoms with van der Waals surface area (Å²) in [6, 6.07) is 65.4. The topological polar surface area (TPSA) is 55.4 Å². The van der Waals surface area contributed by atoms with E-state index in [9.17, 15) is 0 Å². The molecule has 0 bridgehead atoms. The second-order valence-corrected chi connectivity index (χ2v) is 12.1. The van der Waals surface area contributed by atoms with Gasteiger partial charge in [-0.1, -0.05) is 97.1 Å². The van der Waals surface area contributed by atoms with Gasteiger partial charge in [0.1, 0.15) is 46.0 Å². The van der Waals surface area contributed by atoms with Crippen molar-refractivity contribution in [1.82, 2.24) is 0 Å². The summed E-state index contributed by atoms with van der Waals surface area (Å²) in [4.78, 5) is 0. The van der Waals surface area contributed by atoms with E-state index in [1.54, 1.807) is 0 Å². The zero-order valence-corrected chi connectivity index (χ0v) is 29.1. The molecule has 6 nitrogen and oxygen atoms in total. The van der Waals surface area contributed by atoms with Crippen LogP contribution in [0.2, 0.25) is 0 Å². The first kappa shape index (κ1) is 33.7. The van der Waals surface area contributed by atoms with Crippen molar-refractivity contribution in [3.8, 4) is 80.1 Å². The van der Waals surface area contributed by atoms with Crippen LogP contribution >= 0.6 is 0 Å². The van der Waals surface area contributed by atoms with E-state index in [0.717, 1.165) is 22.6 Å². The molecule has 8 rings (SSSR count). The molecule has 0 amide bonds. The van der Waals surface area contributed by atoms with Crippen molar-refractivity contribution in [3.63, 3.8) is 0 Å². The van der Waals surface area contributed by atoms with Gasteiger partial charge in [0.05, 0.1) is 0 Å². The van der Waals surface area contributed by atoms with E-state index in [0.29, 0.717) is 57.5 Å². The minimum atomic E-state index is 0.605. The Kier molecular flexibility index (Phi) is 10.2. The van der Waals surface area contributed by atoms with Gasteiger partial charge in [-0.3, -0.25) is 0 Å². The van der Waals surface area contributed by atoms with Gasteiger partial charge in [-0.05, 0) is 108 Å². The molecule has 0 aliphatic carbocycles. The van der Waals surface area contributed by atoms with Crippen LogP contribution in [-0.2, 0) is 0 Å². The van der Waals surface area contributed by atoms with Crippen molar-refractivity contribution in [1.29, 1.82) is 0 Å². The van der Waals surface area contributed by atoms with Crippen molar-refractivity contribution in [2.45, 2.75) is 0 Å². The third-order valence-electron chi connectivity index (χ3n) is 8.22. The van der Waals surface area contributed by atoms with E-state index in [1.165, 1.54) is 0 Å². The van der Waals surface area contributed by atoms with Crippen molar-refractivity contribution in [2.24, 2.45) is 0 Å². The molecule has 54 heavy (non-hydrogen) atoms. The molecule has 0 N–H and O–H groups in total. The van der Waals surface area contributed by atoms with Crippen LogP contribution in [0.3, 0.4) is 0 Å². The largest absolute Gasteiger partial charge is 0.457 e. The Morgan fingerprint density at radius 2 is 0.444 bits per heavy atom. The highest BCUT2D eigenvalue weighted by Gasteiger charge is 2.11. The fourth-order valence-electron chi connectivity index (χ4n) is 5.63. The summed E-state index contributed by atoms with van der Waals surface area (Å²) in [5.74, 6) is 7.92. The molecular formula is C48H34O6. The summed E-state index contributed by atoms with van der Waals surface area (Å²) in [7, 11) is 0. The lowest BCUT2D eigenvalue weighted by Crippen LogP contribution is -1.91. The summed E-state index contributed by atoms with van der Waals surface area (Å²) in [6.45, 7) is 0. The standard InChI is InChI=1S/C48H34O6/c1-3-13-37(14-4-1)51-45-21-7-9-23-47(45)53-43-19-11-17-41(33-43)49-39-29-25-35(26-30-39)36-27-31-40(32-28-36)50-42-18-12-20-44(34-42)54-48-24-10-8-22-46(48)52-38-15-5-2-6-16-38/h1-34H. The van der Waals surface area contributed by atoms with Crippen LogP contribution in [0.4, 0.5) is 0 Å². The Hall–Kier alpha value is -7.44. The van der Waals surface area contributed by atoms with E-state index in [4.69, 9.17) is 28.4 Å². The molecule has 8 aromatic carbocycles. The number of ether oxygens (including phenoxy) is 6. The highest BCUT2D eigenvalue weighted by molar-refractivity contribution is 5.65. The van der Waals surface area contributed by atoms with E-state index in [-0.39, 0.29) is 0 Å². The first-order chi connectivity index (χ1) is 26.7. The molecule has 0 radical (unpaired) electrons. The average Bonchev–Trinajstić information content (AvgIpc) is 3.21. The van der Waals surface area contributed by atoms with Crippen molar-refractivity contribution in [3.05, 3.63) is 206 Å². The normalized spacial score (nSPS) is 10.6. The van der Waals surface area contributed by atoms with Crippen LogP contribution in [-0.4, -0.2) is 0 Å². The van der Waals surface area contributed by atoms with Gasteiger partial charge < -0.3 is 28.4 Å². The summed E-state index contributed by atoms with van der Waals surface area (Å²) in [6.07, 6.45) is 0. The maximum atomic E-state index is 6.21.